The lowest BCUT2D eigenvalue weighted by molar-refractivity contribution is -0.131. The standard InChI is InChI=1S/C20H25N5O2/c1-12(2)23-19-7-17(21-11-22-19)15-5-18-16-4-14(8-24(10-16)13(3)26)9-25(18)20(27)6-15/h5-7,11-12,14,16H,4,8-10H2,1-3H3,(H,21,22,23)/t14-,16+/m0/s1. The molecule has 2 aromatic heterocycles. The van der Waals surface area contributed by atoms with Crippen molar-refractivity contribution in [3.05, 3.63) is 40.6 Å². The maximum absolute atomic E-state index is 12.8. The maximum Gasteiger partial charge on any atom is 0.251 e. The van der Waals surface area contributed by atoms with E-state index in [1.54, 1.807) is 13.0 Å². The zero-order chi connectivity index (χ0) is 19.1. The van der Waals surface area contributed by atoms with Crippen molar-refractivity contribution in [3.8, 4) is 11.3 Å². The van der Waals surface area contributed by atoms with Crippen LogP contribution in [0.15, 0.2) is 29.3 Å². The number of hydrogen-bond donors (Lipinski definition) is 1. The van der Waals surface area contributed by atoms with Crippen LogP contribution in [0.5, 0.6) is 0 Å². The van der Waals surface area contributed by atoms with Gasteiger partial charge < -0.3 is 14.8 Å². The second-order valence-corrected chi connectivity index (χ2v) is 7.93. The zero-order valence-corrected chi connectivity index (χ0v) is 16.0. The Morgan fingerprint density at radius 1 is 1.19 bits per heavy atom. The zero-order valence-electron chi connectivity index (χ0n) is 16.0. The van der Waals surface area contributed by atoms with Crippen LogP contribution in [0.4, 0.5) is 5.82 Å². The van der Waals surface area contributed by atoms with Crippen molar-refractivity contribution in [2.45, 2.75) is 45.7 Å². The van der Waals surface area contributed by atoms with Gasteiger partial charge in [-0.1, -0.05) is 0 Å². The van der Waals surface area contributed by atoms with E-state index in [2.05, 4.69) is 21.4 Å². The van der Waals surface area contributed by atoms with Gasteiger partial charge in [0, 0.05) is 61.9 Å². The van der Waals surface area contributed by atoms with Crippen molar-refractivity contribution in [3.63, 3.8) is 0 Å². The van der Waals surface area contributed by atoms with Crippen molar-refractivity contribution in [1.82, 2.24) is 19.4 Å². The first-order valence-electron chi connectivity index (χ1n) is 9.50. The van der Waals surface area contributed by atoms with Gasteiger partial charge in [-0.2, -0.15) is 0 Å². The Morgan fingerprint density at radius 2 is 2.00 bits per heavy atom. The number of nitrogens with one attached hydrogen (secondary N) is 1. The third kappa shape index (κ3) is 3.46. The number of anilines is 1. The molecule has 2 aliphatic rings. The quantitative estimate of drug-likeness (QED) is 0.899. The number of fused-ring (bicyclic) bond motifs is 4. The van der Waals surface area contributed by atoms with Gasteiger partial charge >= 0.3 is 0 Å². The van der Waals surface area contributed by atoms with Crippen LogP contribution in [-0.4, -0.2) is 44.5 Å². The number of amides is 1. The van der Waals surface area contributed by atoms with Crippen LogP contribution in [0.3, 0.4) is 0 Å². The van der Waals surface area contributed by atoms with Crippen LogP contribution < -0.4 is 10.9 Å². The van der Waals surface area contributed by atoms with E-state index in [9.17, 15) is 9.59 Å². The van der Waals surface area contributed by atoms with Crippen LogP contribution in [0.1, 0.15) is 38.8 Å². The lowest BCUT2D eigenvalue weighted by atomic mass is 9.82. The second-order valence-electron chi connectivity index (χ2n) is 7.93. The fourth-order valence-electron chi connectivity index (χ4n) is 4.25. The molecule has 1 N–H and O–H groups in total. The monoisotopic (exact) mass is 367 g/mol. The van der Waals surface area contributed by atoms with Crippen molar-refractivity contribution < 1.29 is 4.79 Å². The van der Waals surface area contributed by atoms with Gasteiger partial charge in [0.05, 0.1) is 5.69 Å². The van der Waals surface area contributed by atoms with E-state index >= 15 is 0 Å². The summed E-state index contributed by atoms with van der Waals surface area (Å²) < 4.78 is 1.88. The number of carbonyl (C=O) groups excluding carboxylic acids is 1. The van der Waals surface area contributed by atoms with Gasteiger partial charge in [-0.15, -0.1) is 0 Å². The first-order valence-corrected chi connectivity index (χ1v) is 9.50. The molecule has 1 fully saturated rings. The van der Waals surface area contributed by atoms with Gasteiger partial charge in [0.1, 0.15) is 12.1 Å². The van der Waals surface area contributed by atoms with Crippen molar-refractivity contribution in [2.75, 3.05) is 18.4 Å². The molecular formula is C20H25N5O2. The molecule has 2 bridgehead atoms. The molecule has 27 heavy (non-hydrogen) atoms. The molecule has 2 aliphatic heterocycles. The molecule has 2 atom stereocenters. The van der Waals surface area contributed by atoms with Crippen LogP contribution in [-0.2, 0) is 11.3 Å². The minimum absolute atomic E-state index is 0.00505. The van der Waals surface area contributed by atoms with E-state index in [1.807, 2.05) is 29.4 Å². The van der Waals surface area contributed by atoms with Crippen LogP contribution in [0.2, 0.25) is 0 Å². The summed E-state index contributed by atoms with van der Waals surface area (Å²) in [5.74, 6) is 1.40. The van der Waals surface area contributed by atoms with Crippen molar-refractivity contribution in [1.29, 1.82) is 0 Å². The predicted octanol–water partition coefficient (Wildman–Crippen LogP) is 2.09. The topological polar surface area (TPSA) is 80.1 Å². The Bertz CT molecular complexity index is 936. The third-order valence-corrected chi connectivity index (χ3v) is 5.40. The number of carbonyl (C=O) groups is 1. The predicted molar refractivity (Wildman–Crippen MR) is 104 cm³/mol. The Kier molecular flexibility index (Phi) is 4.45. The summed E-state index contributed by atoms with van der Waals surface area (Å²) in [6, 6.07) is 5.86. The van der Waals surface area contributed by atoms with Gasteiger partial charge in [-0.3, -0.25) is 9.59 Å². The second kappa shape index (κ2) is 6.79. The molecule has 7 nitrogen and oxygen atoms in total. The third-order valence-electron chi connectivity index (χ3n) is 5.40. The highest BCUT2D eigenvalue weighted by atomic mass is 16.2. The lowest BCUT2D eigenvalue weighted by Gasteiger charge is -2.42. The molecule has 1 amide bonds. The molecule has 2 aromatic rings. The molecule has 0 radical (unpaired) electrons. The number of piperidine rings is 1. The van der Waals surface area contributed by atoms with E-state index in [0.717, 1.165) is 35.7 Å². The van der Waals surface area contributed by atoms with Crippen LogP contribution >= 0.6 is 0 Å². The first-order chi connectivity index (χ1) is 12.9. The summed E-state index contributed by atoms with van der Waals surface area (Å²) in [7, 11) is 0. The molecule has 4 heterocycles. The van der Waals surface area contributed by atoms with Gasteiger partial charge in [-0.05, 0) is 32.3 Å². The normalized spacial score (nSPS) is 21.1. The molecule has 0 spiro atoms. The lowest BCUT2D eigenvalue weighted by Crippen LogP contribution is -2.48. The van der Waals surface area contributed by atoms with Crippen molar-refractivity contribution >= 4 is 11.7 Å². The summed E-state index contributed by atoms with van der Waals surface area (Å²) in [5, 5.41) is 3.27. The summed E-state index contributed by atoms with van der Waals surface area (Å²) >= 11 is 0. The average Bonchev–Trinajstić information content (AvgIpc) is 2.62. The average molecular weight is 367 g/mol. The highest BCUT2D eigenvalue weighted by Crippen LogP contribution is 2.36. The number of rotatable bonds is 3. The summed E-state index contributed by atoms with van der Waals surface area (Å²) in [4.78, 5) is 35.2. The Balaban J connectivity index is 1.72. The molecule has 7 heteroatoms. The van der Waals surface area contributed by atoms with Gasteiger partial charge in [0.15, 0.2) is 0 Å². The SMILES string of the molecule is CC(=O)N1C[C@@H]2C[C@H](C1)c1cc(-c3cc(NC(C)C)ncn3)cc(=O)n1C2. The van der Waals surface area contributed by atoms with E-state index < -0.39 is 0 Å². The van der Waals surface area contributed by atoms with Gasteiger partial charge in [0.2, 0.25) is 5.91 Å². The van der Waals surface area contributed by atoms with E-state index in [-0.39, 0.29) is 23.4 Å². The minimum Gasteiger partial charge on any atom is -0.368 e. The molecule has 0 aliphatic carbocycles. The van der Waals surface area contributed by atoms with Crippen molar-refractivity contribution in [2.24, 2.45) is 5.92 Å². The molecule has 0 aromatic carbocycles. The summed E-state index contributed by atoms with van der Waals surface area (Å²) in [6.07, 6.45) is 2.54. The minimum atomic E-state index is 0.00505. The van der Waals surface area contributed by atoms with E-state index in [4.69, 9.17) is 0 Å². The summed E-state index contributed by atoms with van der Waals surface area (Å²) in [6.45, 7) is 7.82. The summed E-state index contributed by atoms with van der Waals surface area (Å²) in [5.41, 5.74) is 2.55. The van der Waals surface area contributed by atoms with Crippen LogP contribution in [0.25, 0.3) is 11.3 Å². The fraction of sp³-hybridized carbons (Fsp3) is 0.500. The van der Waals surface area contributed by atoms with E-state index in [0.29, 0.717) is 19.0 Å². The first kappa shape index (κ1) is 17.7. The molecule has 0 unspecified atom stereocenters. The Hall–Kier alpha value is -2.70. The largest absolute Gasteiger partial charge is 0.368 e. The van der Waals surface area contributed by atoms with E-state index in [1.165, 1.54) is 6.33 Å². The number of nitrogens with zero attached hydrogens (tertiary/aromatic N) is 4. The van der Waals surface area contributed by atoms with Gasteiger partial charge in [-0.25, -0.2) is 9.97 Å². The molecular weight excluding hydrogens is 342 g/mol. The smallest absolute Gasteiger partial charge is 0.251 e. The van der Waals surface area contributed by atoms with Crippen LogP contribution in [0, 0.1) is 5.92 Å². The van der Waals surface area contributed by atoms with Gasteiger partial charge in [0.25, 0.3) is 5.56 Å². The molecule has 0 saturated carbocycles. The molecule has 1 saturated heterocycles. The Labute approximate surface area is 158 Å². The number of pyridine rings is 1. The number of aromatic nitrogens is 3. The number of likely N-dealkylation sites (tertiary alicyclic amines) is 1. The molecule has 4 rings (SSSR count). The number of hydrogen-bond acceptors (Lipinski definition) is 5. The highest BCUT2D eigenvalue weighted by molar-refractivity contribution is 5.73. The molecule has 142 valence electrons. The maximum atomic E-state index is 12.8. The highest BCUT2D eigenvalue weighted by Gasteiger charge is 2.35. The fourth-order valence-corrected chi connectivity index (χ4v) is 4.25. The Morgan fingerprint density at radius 3 is 2.74 bits per heavy atom.